The molecule has 0 aromatic heterocycles. The molecule has 1 nitrogen and oxygen atoms in total. The Morgan fingerprint density at radius 1 is 1.54 bits per heavy atom. The second-order valence-electron chi connectivity index (χ2n) is 3.37. The zero-order chi connectivity index (χ0) is 9.84. The molecule has 1 aromatic carbocycles. The second kappa shape index (κ2) is 4.61. The van der Waals surface area contributed by atoms with Crippen LogP contribution in [0.1, 0.15) is 18.1 Å². The second-order valence-corrected chi connectivity index (χ2v) is 4.25. The van der Waals surface area contributed by atoms with Crippen LogP contribution in [0.5, 0.6) is 5.75 Å². The first-order chi connectivity index (χ1) is 6.13. The molecular weight excluding hydrogens is 179 g/mol. The molecule has 70 valence electrons. The van der Waals surface area contributed by atoms with E-state index in [9.17, 15) is 0 Å². The molecule has 0 bridgehead atoms. The van der Waals surface area contributed by atoms with Crippen molar-refractivity contribution >= 4 is 20.7 Å². The molecule has 0 heterocycles. The van der Waals surface area contributed by atoms with Gasteiger partial charge in [0.2, 0.25) is 0 Å². The Hall–Kier alpha value is -0.565. The van der Waals surface area contributed by atoms with Gasteiger partial charge in [-0.2, -0.15) is 12.6 Å². The summed E-state index contributed by atoms with van der Waals surface area (Å²) in [5, 5.41) is 0.371. The van der Waals surface area contributed by atoms with Crippen LogP contribution in [-0.2, 0) is 6.42 Å². The summed E-state index contributed by atoms with van der Waals surface area (Å²) in [5.41, 5.74) is 2.51. The van der Waals surface area contributed by atoms with E-state index in [0.717, 1.165) is 12.2 Å². The standard InChI is InChI=1S/C10H15BOS/c1-7-3-4-10(12-11)9(5-7)6-8(2)13/h3-5,8,13H,6,11H2,1-2H3/t8-/m0/s1. The Balaban J connectivity index is 2.94. The highest BCUT2D eigenvalue weighted by molar-refractivity contribution is 7.80. The van der Waals surface area contributed by atoms with Gasteiger partial charge in [0.25, 0.3) is 0 Å². The van der Waals surface area contributed by atoms with Crippen molar-refractivity contribution in [1.82, 2.24) is 0 Å². The first-order valence-electron chi connectivity index (χ1n) is 4.45. The van der Waals surface area contributed by atoms with Crippen LogP contribution in [0.2, 0.25) is 0 Å². The Kier molecular flexibility index (Phi) is 3.73. The first kappa shape index (κ1) is 10.5. The van der Waals surface area contributed by atoms with Crippen molar-refractivity contribution in [2.45, 2.75) is 25.5 Å². The van der Waals surface area contributed by atoms with Crippen molar-refractivity contribution in [3.63, 3.8) is 0 Å². The summed E-state index contributed by atoms with van der Waals surface area (Å²) in [6.45, 7) is 4.18. The number of hydrogen-bond donors (Lipinski definition) is 1. The third-order valence-electron chi connectivity index (χ3n) is 1.95. The fraction of sp³-hybridized carbons (Fsp3) is 0.400. The van der Waals surface area contributed by atoms with Gasteiger partial charge in [-0.3, -0.25) is 0 Å². The summed E-state index contributed by atoms with van der Waals surface area (Å²) in [4.78, 5) is 0. The lowest BCUT2D eigenvalue weighted by molar-refractivity contribution is 0.604. The predicted octanol–water partition coefficient (Wildman–Crippen LogP) is 1.78. The summed E-state index contributed by atoms with van der Waals surface area (Å²) in [5.74, 6) is 0.964. The summed E-state index contributed by atoms with van der Waals surface area (Å²) in [7, 11) is 1.71. The molecular formula is C10H15BOS. The summed E-state index contributed by atoms with van der Waals surface area (Å²) in [6, 6.07) is 6.23. The number of benzene rings is 1. The number of thiol groups is 1. The lowest BCUT2D eigenvalue weighted by atomic mass is 10.1. The molecule has 0 aliphatic rings. The van der Waals surface area contributed by atoms with Crippen LogP contribution in [0.4, 0.5) is 0 Å². The van der Waals surface area contributed by atoms with Gasteiger partial charge in [0.05, 0.1) is 0 Å². The molecule has 1 rings (SSSR count). The van der Waals surface area contributed by atoms with Crippen LogP contribution in [0.15, 0.2) is 18.2 Å². The van der Waals surface area contributed by atoms with Gasteiger partial charge >= 0.3 is 8.05 Å². The number of hydrogen-bond acceptors (Lipinski definition) is 2. The molecule has 1 aromatic rings. The minimum absolute atomic E-state index is 0.371. The smallest absolute Gasteiger partial charge is 0.322 e. The molecule has 0 N–H and O–H groups in total. The Morgan fingerprint density at radius 3 is 2.77 bits per heavy atom. The molecule has 13 heavy (non-hydrogen) atoms. The van der Waals surface area contributed by atoms with Gasteiger partial charge in [0.15, 0.2) is 0 Å². The third-order valence-corrected chi connectivity index (χ3v) is 2.13. The van der Waals surface area contributed by atoms with Gasteiger partial charge in [-0.25, -0.2) is 0 Å². The third kappa shape index (κ3) is 3.00. The quantitative estimate of drug-likeness (QED) is 0.570. The van der Waals surface area contributed by atoms with E-state index in [-0.39, 0.29) is 0 Å². The zero-order valence-corrected chi connectivity index (χ0v) is 9.27. The highest BCUT2D eigenvalue weighted by Gasteiger charge is 2.04. The Bertz CT molecular complexity index is 286. The van der Waals surface area contributed by atoms with Crippen LogP contribution in [0.25, 0.3) is 0 Å². The number of aryl methyl sites for hydroxylation is 1. The topological polar surface area (TPSA) is 9.23 Å². The average Bonchev–Trinajstić information content (AvgIpc) is 2.03. The molecule has 0 spiro atoms. The zero-order valence-electron chi connectivity index (χ0n) is 8.37. The van der Waals surface area contributed by atoms with Crippen LogP contribution in [0.3, 0.4) is 0 Å². The molecule has 0 unspecified atom stereocenters. The van der Waals surface area contributed by atoms with E-state index in [0.29, 0.717) is 5.25 Å². The molecule has 0 saturated heterocycles. The van der Waals surface area contributed by atoms with Crippen molar-refractivity contribution < 1.29 is 4.65 Å². The van der Waals surface area contributed by atoms with E-state index < -0.39 is 0 Å². The van der Waals surface area contributed by atoms with Crippen LogP contribution < -0.4 is 4.65 Å². The SMILES string of the molecule is BOc1ccc(C)cc1C[C@H](C)S. The summed E-state index contributed by atoms with van der Waals surface area (Å²) < 4.78 is 5.27. The molecule has 3 heteroatoms. The molecule has 0 amide bonds. The lowest BCUT2D eigenvalue weighted by Crippen LogP contribution is -2.01. The van der Waals surface area contributed by atoms with Crippen LogP contribution >= 0.6 is 12.6 Å². The monoisotopic (exact) mass is 194 g/mol. The number of rotatable bonds is 3. The molecule has 0 fully saturated rings. The molecule has 0 radical (unpaired) electrons. The fourth-order valence-corrected chi connectivity index (χ4v) is 1.58. The van der Waals surface area contributed by atoms with Crippen molar-refractivity contribution in [2.24, 2.45) is 0 Å². The van der Waals surface area contributed by atoms with Gasteiger partial charge in [-0.15, -0.1) is 0 Å². The summed E-state index contributed by atoms with van der Waals surface area (Å²) in [6.07, 6.45) is 0.952. The van der Waals surface area contributed by atoms with E-state index in [2.05, 4.69) is 38.6 Å². The van der Waals surface area contributed by atoms with E-state index in [1.807, 2.05) is 6.07 Å². The molecule has 1 atom stereocenters. The van der Waals surface area contributed by atoms with Crippen LogP contribution in [0, 0.1) is 6.92 Å². The van der Waals surface area contributed by atoms with Crippen molar-refractivity contribution in [2.75, 3.05) is 0 Å². The van der Waals surface area contributed by atoms with Crippen LogP contribution in [-0.4, -0.2) is 13.3 Å². The van der Waals surface area contributed by atoms with Gasteiger partial charge < -0.3 is 4.65 Å². The molecule has 0 saturated carbocycles. The Morgan fingerprint density at radius 2 is 2.23 bits per heavy atom. The van der Waals surface area contributed by atoms with Gasteiger partial charge in [-0.1, -0.05) is 24.6 Å². The maximum atomic E-state index is 5.27. The minimum Gasteiger partial charge on any atom is -0.568 e. The fourth-order valence-electron chi connectivity index (χ4n) is 1.39. The maximum absolute atomic E-state index is 5.27. The van der Waals surface area contributed by atoms with E-state index in [1.54, 1.807) is 8.05 Å². The van der Waals surface area contributed by atoms with Crippen molar-refractivity contribution in [3.8, 4) is 5.75 Å². The highest BCUT2D eigenvalue weighted by atomic mass is 32.1. The van der Waals surface area contributed by atoms with Crippen molar-refractivity contribution in [3.05, 3.63) is 29.3 Å². The van der Waals surface area contributed by atoms with E-state index in [4.69, 9.17) is 4.65 Å². The lowest BCUT2D eigenvalue weighted by Gasteiger charge is -2.11. The minimum atomic E-state index is 0.371. The van der Waals surface area contributed by atoms with Gasteiger partial charge in [0.1, 0.15) is 5.75 Å². The predicted molar refractivity (Wildman–Crippen MR) is 62.5 cm³/mol. The first-order valence-corrected chi connectivity index (χ1v) is 4.96. The summed E-state index contributed by atoms with van der Waals surface area (Å²) >= 11 is 4.37. The van der Waals surface area contributed by atoms with Gasteiger partial charge in [-0.05, 0) is 25.0 Å². The highest BCUT2D eigenvalue weighted by Crippen LogP contribution is 2.21. The van der Waals surface area contributed by atoms with Crippen molar-refractivity contribution in [1.29, 1.82) is 0 Å². The molecule has 0 aliphatic carbocycles. The average molecular weight is 194 g/mol. The maximum Gasteiger partial charge on any atom is 0.322 e. The Labute approximate surface area is 86.3 Å². The largest absolute Gasteiger partial charge is 0.568 e. The van der Waals surface area contributed by atoms with Gasteiger partial charge in [0, 0.05) is 5.25 Å². The van der Waals surface area contributed by atoms with E-state index in [1.165, 1.54) is 11.1 Å². The molecule has 0 aliphatic heterocycles. The van der Waals surface area contributed by atoms with E-state index >= 15 is 0 Å². The normalized spacial score (nSPS) is 12.5.